The number of pyridine rings is 1. The van der Waals surface area contributed by atoms with Crippen molar-refractivity contribution >= 4 is 11.3 Å². The van der Waals surface area contributed by atoms with Crippen LogP contribution in [0.1, 0.15) is 23.4 Å². The number of ether oxygens (including phenoxy) is 1. The third-order valence-electron chi connectivity index (χ3n) is 2.81. The summed E-state index contributed by atoms with van der Waals surface area (Å²) in [7, 11) is 1.71. The van der Waals surface area contributed by atoms with E-state index >= 15 is 0 Å². The van der Waals surface area contributed by atoms with Crippen molar-refractivity contribution in [3.05, 3.63) is 46.4 Å². The molecule has 2 aromatic rings. The number of nitrogens with one attached hydrogen (secondary N) is 1. The van der Waals surface area contributed by atoms with E-state index in [-0.39, 0.29) is 0 Å². The Morgan fingerprint density at radius 1 is 1.39 bits per heavy atom. The standard InChI is InChI=1S/C14H18N2OS/c1-3-16-13(8-11-4-6-15-7-5-11)14-9-12(17-2)10-18-14/h4-7,9-10,13,16H,3,8H2,1-2H3. The lowest BCUT2D eigenvalue weighted by Gasteiger charge is -2.16. The maximum atomic E-state index is 5.25. The van der Waals surface area contributed by atoms with Crippen LogP contribution >= 0.6 is 11.3 Å². The normalized spacial score (nSPS) is 12.3. The Morgan fingerprint density at radius 2 is 2.17 bits per heavy atom. The molecule has 0 fully saturated rings. The first kappa shape index (κ1) is 13.1. The molecule has 2 rings (SSSR count). The van der Waals surface area contributed by atoms with Gasteiger partial charge in [-0.05, 0) is 36.7 Å². The molecule has 0 saturated carbocycles. The molecule has 18 heavy (non-hydrogen) atoms. The Labute approximate surface area is 112 Å². The minimum Gasteiger partial charge on any atom is -0.496 e. The second-order valence-corrected chi connectivity index (χ2v) is 5.00. The predicted molar refractivity (Wildman–Crippen MR) is 75.2 cm³/mol. The highest BCUT2D eigenvalue weighted by Crippen LogP contribution is 2.28. The van der Waals surface area contributed by atoms with Crippen molar-refractivity contribution in [1.82, 2.24) is 10.3 Å². The minimum atomic E-state index is 0.339. The van der Waals surface area contributed by atoms with Gasteiger partial charge in [0.2, 0.25) is 0 Å². The SMILES string of the molecule is CCNC(Cc1ccncc1)c1cc(OC)cs1. The van der Waals surface area contributed by atoms with Crippen LogP contribution in [-0.2, 0) is 6.42 Å². The summed E-state index contributed by atoms with van der Waals surface area (Å²) in [4.78, 5) is 5.36. The lowest BCUT2D eigenvalue weighted by Crippen LogP contribution is -2.22. The van der Waals surface area contributed by atoms with Gasteiger partial charge in [0, 0.05) is 28.7 Å². The van der Waals surface area contributed by atoms with Crippen LogP contribution in [0.2, 0.25) is 0 Å². The summed E-state index contributed by atoms with van der Waals surface area (Å²) in [6.07, 6.45) is 4.65. The number of aromatic nitrogens is 1. The number of nitrogens with zero attached hydrogens (tertiary/aromatic N) is 1. The third-order valence-corrected chi connectivity index (χ3v) is 3.84. The van der Waals surface area contributed by atoms with Crippen LogP contribution in [0.5, 0.6) is 5.75 Å². The lowest BCUT2D eigenvalue weighted by molar-refractivity contribution is 0.415. The van der Waals surface area contributed by atoms with Crippen molar-refractivity contribution in [1.29, 1.82) is 0 Å². The van der Waals surface area contributed by atoms with Gasteiger partial charge in [-0.3, -0.25) is 4.98 Å². The van der Waals surface area contributed by atoms with E-state index in [1.54, 1.807) is 18.4 Å². The molecular weight excluding hydrogens is 244 g/mol. The Kier molecular flexibility index (Phi) is 4.73. The fourth-order valence-electron chi connectivity index (χ4n) is 1.90. The second-order valence-electron chi connectivity index (χ2n) is 4.06. The van der Waals surface area contributed by atoms with Crippen LogP contribution in [0, 0.1) is 0 Å². The topological polar surface area (TPSA) is 34.2 Å². The highest BCUT2D eigenvalue weighted by molar-refractivity contribution is 7.10. The van der Waals surface area contributed by atoms with Gasteiger partial charge in [0.25, 0.3) is 0 Å². The van der Waals surface area contributed by atoms with E-state index < -0.39 is 0 Å². The molecule has 0 saturated heterocycles. The fraction of sp³-hybridized carbons (Fsp3) is 0.357. The van der Waals surface area contributed by atoms with Gasteiger partial charge >= 0.3 is 0 Å². The number of hydrogen-bond acceptors (Lipinski definition) is 4. The Morgan fingerprint density at radius 3 is 2.78 bits per heavy atom. The molecule has 1 N–H and O–H groups in total. The highest BCUT2D eigenvalue weighted by Gasteiger charge is 2.13. The summed E-state index contributed by atoms with van der Waals surface area (Å²) < 4.78 is 5.25. The number of rotatable bonds is 6. The Hall–Kier alpha value is -1.39. The summed E-state index contributed by atoms with van der Waals surface area (Å²) in [6, 6.07) is 6.58. The molecule has 2 aromatic heterocycles. The first-order chi connectivity index (χ1) is 8.83. The van der Waals surface area contributed by atoms with Crippen molar-refractivity contribution in [2.45, 2.75) is 19.4 Å². The maximum Gasteiger partial charge on any atom is 0.129 e. The number of methoxy groups -OCH3 is 1. The van der Waals surface area contributed by atoms with Crippen LogP contribution < -0.4 is 10.1 Å². The zero-order chi connectivity index (χ0) is 12.8. The van der Waals surface area contributed by atoms with E-state index in [1.807, 2.05) is 17.8 Å². The zero-order valence-corrected chi connectivity index (χ0v) is 11.5. The van der Waals surface area contributed by atoms with E-state index in [9.17, 15) is 0 Å². The molecule has 1 atom stereocenters. The summed E-state index contributed by atoms with van der Waals surface area (Å²) in [5.74, 6) is 0.938. The van der Waals surface area contributed by atoms with Crippen molar-refractivity contribution in [2.24, 2.45) is 0 Å². The molecule has 0 bridgehead atoms. The zero-order valence-electron chi connectivity index (χ0n) is 10.7. The highest BCUT2D eigenvalue weighted by atomic mass is 32.1. The molecule has 0 aliphatic carbocycles. The van der Waals surface area contributed by atoms with E-state index in [4.69, 9.17) is 4.74 Å². The molecule has 0 aliphatic heterocycles. The molecule has 0 radical (unpaired) electrons. The Balaban J connectivity index is 2.12. The summed E-state index contributed by atoms with van der Waals surface area (Å²) >= 11 is 1.74. The summed E-state index contributed by atoms with van der Waals surface area (Å²) in [5.41, 5.74) is 1.29. The third kappa shape index (κ3) is 3.31. The van der Waals surface area contributed by atoms with Crippen molar-refractivity contribution < 1.29 is 4.74 Å². The van der Waals surface area contributed by atoms with Crippen molar-refractivity contribution in [2.75, 3.05) is 13.7 Å². The minimum absolute atomic E-state index is 0.339. The average molecular weight is 262 g/mol. The number of likely N-dealkylation sites (N-methyl/N-ethyl adjacent to an activating group) is 1. The maximum absolute atomic E-state index is 5.25. The monoisotopic (exact) mass is 262 g/mol. The van der Waals surface area contributed by atoms with Gasteiger partial charge in [0.15, 0.2) is 0 Å². The van der Waals surface area contributed by atoms with Crippen LogP contribution in [0.15, 0.2) is 36.0 Å². The molecule has 0 aliphatic rings. The lowest BCUT2D eigenvalue weighted by atomic mass is 10.1. The van der Waals surface area contributed by atoms with Gasteiger partial charge in [0.05, 0.1) is 7.11 Å². The fourth-order valence-corrected chi connectivity index (χ4v) is 2.83. The molecule has 0 aromatic carbocycles. The first-order valence-electron chi connectivity index (χ1n) is 6.08. The van der Waals surface area contributed by atoms with Crippen LogP contribution in [0.4, 0.5) is 0 Å². The Bertz CT molecular complexity index is 470. The smallest absolute Gasteiger partial charge is 0.129 e. The van der Waals surface area contributed by atoms with Gasteiger partial charge < -0.3 is 10.1 Å². The predicted octanol–water partition coefficient (Wildman–Crippen LogP) is 3.05. The van der Waals surface area contributed by atoms with Crippen LogP contribution in [0.25, 0.3) is 0 Å². The summed E-state index contributed by atoms with van der Waals surface area (Å²) in [6.45, 7) is 3.08. The van der Waals surface area contributed by atoms with E-state index in [0.29, 0.717) is 6.04 Å². The van der Waals surface area contributed by atoms with Crippen LogP contribution in [0.3, 0.4) is 0 Å². The molecule has 2 heterocycles. The quantitative estimate of drug-likeness (QED) is 0.869. The van der Waals surface area contributed by atoms with E-state index in [0.717, 1.165) is 18.7 Å². The van der Waals surface area contributed by atoms with E-state index in [1.165, 1.54) is 10.4 Å². The molecule has 3 nitrogen and oxygen atoms in total. The van der Waals surface area contributed by atoms with Gasteiger partial charge in [-0.15, -0.1) is 11.3 Å². The number of hydrogen-bond donors (Lipinski definition) is 1. The molecule has 96 valence electrons. The van der Waals surface area contributed by atoms with Gasteiger partial charge in [-0.2, -0.15) is 0 Å². The van der Waals surface area contributed by atoms with Gasteiger partial charge in [-0.25, -0.2) is 0 Å². The second kappa shape index (κ2) is 6.52. The molecule has 4 heteroatoms. The first-order valence-corrected chi connectivity index (χ1v) is 6.96. The largest absolute Gasteiger partial charge is 0.496 e. The van der Waals surface area contributed by atoms with Gasteiger partial charge in [-0.1, -0.05) is 6.92 Å². The van der Waals surface area contributed by atoms with Crippen molar-refractivity contribution in [3.63, 3.8) is 0 Å². The van der Waals surface area contributed by atoms with E-state index in [2.05, 4.69) is 35.4 Å². The molecular formula is C14H18N2OS. The average Bonchev–Trinajstić information content (AvgIpc) is 2.88. The van der Waals surface area contributed by atoms with Crippen LogP contribution in [-0.4, -0.2) is 18.6 Å². The number of thiophene rings is 1. The molecule has 1 unspecified atom stereocenters. The van der Waals surface area contributed by atoms with Crippen molar-refractivity contribution in [3.8, 4) is 5.75 Å². The molecule has 0 amide bonds. The molecule has 0 spiro atoms. The van der Waals surface area contributed by atoms with Gasteiger partial charge in [0.1, 0.15) is 5.75 Å². The summed E-state index contributed by atoms with van der Waals surface area (Å²) in [5, 5.41) is 5.57.